The summed E-state index contributed by atoms with van der Waals surface area (Å²) in [5, 5.41) is 4.50. The second-order valence-electron chi connectivity index (χ2n) is 10.2. The molecule has 0 aromatic carbocycles. The number of rotatable bonds is 7. The van der Waals surface area contributed by atoms with Gasteiger partial charge in [0.05, 0.1) is 35.0 Å². The summed E-state index contributed by atoms with van der Waals surface area (Å²) in [6.07, 6.45) is 6.63. The SMILES string of the molecule is C/C(CCN1CCCCc2nc(C)c(C)cc21)=N\O[C@@H](C)CN1CCCc2nc(C)c(C)cc21. The van der Waals surface area contributed by atoms with E-state index < -0.39 is 0 Å². The minimum atomic E-state index is 0.0243. The summed E-state index contributed by atoms with van der Waals surface area (Å²) < 4.78 is 0. The maximum absolute atomic E-state index is 5.94. The second-order valence-corrected chi connectivity index (χ2v) is 10.2. The average molecular weight is 464 g/mol. The maximum atomic E-state index is 5.94. The summed E-state index contributed by atoms with van der Waals surface area (Å²) in [4.78, 5) is 20.6. The Morgan fingerprint density at radius 2 is 1.50 bits per heavy atom. The third-order valence-electron chi connectivity index (χ3n) is 7.27. The van der Waals surface area contributed by atoms with Crippen LogP contribution in [0.3, 0.4) is 0 Å². The van der Waals surface area contributed by atoms with Crippen LogP contribution >= 0.6 is 0 Å². The first-order valence-electron chi connectivity index (χ1n) is 12.9. The first-order chi connectivity index (χ1) is 16.3. The Bertz CT molecular complexity index is 1050. The van der Waals surface area contributed by atoms with Crippen LogP contribution in [-0.4, -0.2) is 48.0 Å². The van der Waals surface area contributed by atoms with Gasteiger partial charge in [-0.2, -0.15) is 0 Å². The summed E-state index contributed by atoms with van der Waals surface area (Å²) in [5.74, 6) is 0. The van der Waals surface area contributed by atoms with E-state index in [-0.39, 0.29) is 6.10 Å². The Balaban J connectivity index is 1.33. The average Bonchev–Trinajstić information content (AvgIpc) is 2.99. The Morgan fingerprint density at radius 3 is 2.18 bits per heavy atom. The van der Waals surface area contributed by atoms with Crippen molar-refractivity contribution in [3.8, 4) is 0 Å². The van der Waals surface area contributed by atoms with Crippen molar-refractivity contribution >= 4 is 17.1 Å². The van der Waals surface area contributed by atoms with Crippen LogP contribution in [0.25, 0.3) is 0 Å². The van der Waals surface area contributed by atoms with E-state index >= 15 is 0 Å². The fraction of sp³-hybridized carbons (Fsp3) is 0.607. The van der Waals surface area contributed by atoms with Gasteiger partial charge in [0.15, 0.2) is 0 Å². The largest absolute Gasteiger partial charge is 0.391 e. The van der Waals surface area contributed by atoms with Crippen molar-refractivity contribution in [2.75, 3.05) is 36.0 Å². The van der Waals surface area contributed by atoms with Crippen LogP contribution in [0.15, 0.2) is 17.3 Å². The van der Waals surface area contributed by atoms with Gasteiger partial charge in [-0.05, 0) is 96.9 Å². The quantitative estimate of drug-likeness (QED) is 0.402. The van der Waals surface area contributed by atoms with Gasteiger partial charge in [0.25, 0.3) is 0 Å². The number of nitrogens with zero attached hydrogens (tertiary/aromatic N) is 5. The van der Waals surface area contributed by atoms with E-state index in [2.05, 4.69) is 68.6 Å². The third-order valence-corrected chi connectivity index (χ3v) is 7.27. The van der Waals surface area contributed by atoms with Crippen LogP contribution in [0.5, 0.6) is 0 Å². The molecular weight excluding hydrogens is 422 g/mol. The topological polar surface area (TPSA) is 53.9 Å². The zero-order valence-electron chi connectivity index (χ0n) is 21.9. The fourth-order valence-electron chi connectivity index (χ4n) is 4.96. The molecule has 1 atom stereocenters. The van der Waals surface area contributed by atoms with Crippen LogP contribution in [-0.2, 0) is 17.7 Å². The summed E-state index contributed by atoms with van der Waals surface area (Å²) in [6.45, 7) is 16.6. The van der Waals surface area contributed by atoms with Crippen molar-refractivity contribution in [3.63, 3.8) is 0 Å². The van der Waals surface area contributed by atoms with Gasteiger partial charge in [0.2, 0.25) is 0 Å². The molecule has 0 fully saturated rings. The molecule has 0 aliphatic carbocycles. The molecule has 0 saturated carbocycles. The Labute approximate surface area is 205 Å². The molecule has 0 radical (unpaired) electrons. The minimum Gasteiger partial charge on any atom is -0.391 e. The standard InChI is InChI=1S/C28H41N5O/c1-19-16-27-25(29-23(19)5)10-7-8-13-32(27)15-12-21(3)31-34-22(4)18-33-14-9-11-26-28(33)17-20(2)24(6)30-26/h16-17,22H,7-15,18H2,1-6H3/b31-21+/t22-/m0/s1. The number of aromatic nitrogens is 2. The van der Waals surface area contributed by atoms with Crippen molar-refractivity contribution in [2.45, 2.75) is 86.2 Å². The molecule has 2 aliphatic rings. The van der Waals surface area contributed by atoms with Gasteiger partial charge < -0.3 is 14.6 Å². The van der Waals surface area contributed by atoms with E-state index in [0.717, 1.165) is 69.0 Å². The highest BCUT2D eigenvalue weighted by molar-refractivity contribution is 5.82. The molecule has 4 rings (SSSR count). The predicted octanol–water partition coefficient (Wildman–Crippen LogP) is 5.48. The van der Waals surface area contributed by atoms with Crippen molar-refractivity contribution in [1.29, 1.82) is 0 Å². The highest BCUT2D eigenvalue weighted by Crippen LogP contribution is 2.29. The van der Waals surface area contributed by atoms with E-state index in [1.807, 2.05) is 0 Å². The Kier molecular flexibility index (Phi) is 7.74. The van der Waals surface area contributed by atoms with Crippen LogP contribution in [0.1, 0.15) is 73.4 Å². The number of oxime groups is 1. The molecule has 0 spiro atoms. The lowest BCUT2D eigenvalue weighted by Crippen LogP contribution is -2.36. The summed E-state index contributed by atoms with van der Waals surface area (Å²) in [6, 6.07) is 4.61. The van der Waals surface area contributed by atoms with Crippen molar-refractivity contribution < 1.29 is 4.84 Å². The number of hydrogen-bond donors (Lipinski definition) is 0. The van der Waals surface area contributed by atoms with Gasteiger partial charge in [0.1, 0.15) is 6.10 Å². The monoisotopic (exact) mass is 463 g/mol. The Morgan fingerprint density at radius 1 is 0.912 bits per heavy atom. The lowest BCUT2D eigenvalue weighted by molar-refractivity contribution is 0.0762. The van der Waals surface area contributed by atoms with Gasteiger partial charge in [-0.25, -0.2) is 0 Å². The molecule has 6 heteroatoms. The molecule has 2 aromatic rings. The molecule has 0 unspecified atom stereocenters. The first kappa shape index (κ1) is 24.5. The second kappa shape index (κ2) is 10.7. The zero-order valence-corrected chi connectivity index (χ0v) is 21.9. The number of fused-ring (bicyclic) bond motifs is 2. The maximum Gasteiger partial charge on any atom is 0.142 e. The molecule has 0 amide bonds. The molecular formula is C28H41N5O. The van der Waals surface area contributed by atoms with Gasteiger partial charge in [0, 0.05) is 37.4 Å². The van der Waals surface area contributed by atoms with Crippen LogP contribution in [0.4, 0.5) is 11.4 Å². The highest BCUT2D eigenvalue weighted by atomic mass is 16.6. The molecule has 0 bridgehead atoms. The molecule has 34 heavy (non-hydrogen) atoms. The predicted molar refractivity (Wildman–Crippen MR) is 141 cm³/mol. The summed E-state index contributed by atoms with van der Waals surface area (Å²) in [7, 11) is 0. The zero-order chi connectivity index (χ0) is 24.2. The molecule has 2 aromatic heterocycles. The minimum absolute atomic E-state index is 0.0243. The van der Waals surface area contributed by atoms with E-state index in [4.69, 9.17) is 14.8 Å². The van der Waals surface area contributed by atoms with Crippen LogP contribution in [0, 0.1) is 27.7 Å². The van der Waals surface area contributed by atoms with E-state index in [1.54, 1.807) is 0 Å². The van der Waals surface area contributed by atoms with Crippen LogP contribution in [0.2, 0.25) is 0 Å². The molecule has 4 heterocycles. The molecule has 6 nitrogen and oxygen atoms in total. The normalized spacial score (nSPS) is 17.2. The van der Waals surface area contributed by atoms with Crippen molar-refractivity contribution in [3.05, 3.63) is 46.0 Å². The summed E-state index contributed by atoms with van der Waals surface area (Å²) in [5.41, 5.74) is 10.9. The van der Waals surface area contributed by atoms with E-state index in [1.165, 1.54) is 46.7 Å². The van der Waals surface area contributed by atoms with Gasteiger partial charge in [-0.15, -0.1) is 0 Å². The number of anilines is 2. The van der Waals surface area contributed by atoms with Crippen molar-refractivity contribution in [2.24, 2.45) is 5.16 Å². The first-order valence-corrected chi connectivity index (χ1v) is 12.9. The number of hydrogen-bond acceptors (Lipinski definition) is 6. The summed E-state index contributed by atoms with van der Waals surface area (Å²) >= 11 is 0. The number of pyridine rings is 2. The number of aryl methyl sites for hydroxylation is 6. The molecule has 0 N–H and O–H groups in total. The lowest BCUT2D eigenvalue weighted by Gasteiger charge is -2.32. The Hall–Kier alpha value is -2.63. The molecule has 2 aliphatic heterocycles. The third kappa shape index (κ3) is 5.70. The lowest BCUT2D eigenvalue weighted by atomic mass is 10.0. The van der Waals surface area contributed by atoms with Crippen LogP contribution < -0.4 is 9.80 Å². The smallest absolute Gasteiger partial charge is 0.142 e. The van der Waals surface area contributed by atoms with E-state index in [0.29, 0.717) is 0 Å². The highest BCUT2D eigenvalue weighted by Gasteiger charge is 2.22. The van der Waals surface area contributed by atoms with Crippen molar-refractivity contribution in [1.82, 2.24) is 9.97 Å². The van der Waals surface area contributed by atoms with E-state index in [9.17, 15) is 0 Å². The van der Waals surface area contributed by atoms with Gasteiger partial charge in [-0.3, -0.25) is 9.97 Å². The van der Waals surface area contributed by atoms with Gasteiger partial charge in [-0.1, -0.05) is 5.16 Å². The molecule has 184 valence electrons. The fourth-order valence-corrected chi connectivity index (χ4v) is 4.96. The molecule has 0 saturated heterocycles. The van der Waals surface area contributed by atoms with Gasteiger partial charge >= 0.3 is 0 Å².